The van der Waals surface area contributed by atoms with Gasteiger partial charge in [-0.05, 0) is 79.6 Å². The molecule has 4 aromatic rings. The standard InChI is InChI=1S/C37H30F3N3O7S2/c1-2-49-35(47)17-10-12-20(13-11-17)43-33(45)28-22-15-23(29(28)34(43)46)30-27(22)26(31-32(51-30)42-36(48)52-31)21-8-3-4-9-24(21)50-16-25(44)41-19-7-5-6-18(14-19)37(38,39)40/h3-14,22-23,26-30H,2,15-16H2,1H3,(H,41,44)(H,42,48)/t22-,23-,26-,27?,28?,29?,30?/m1/s1. The third-order valence-corrected chi connectivity index (χ3v) is 13.0. The largest absolute Gasteiger partial charge is 0.483 e. The molecule has 2 saturated carbocycles. The summed E-state index contributed by atoms with van der Waals surface area (Å²) in [6.07, 6.45) is -3.91. The van der Waals surface area contributed by atoms with Crippen molar-refractivity contribution in [2.24, 2.45) is 29.6 Å². The van der Waals surface area contributed by atoms with Crippen molar-refractivity contribution in [2.75, 3.05) is 23.4 Å². The Morgan fingerprint density at radius 2 is 1.69 bits per heavy atom. The first kappa shape index (κ1) is 34.2. The Bertz CT molecular complexity index is 2170. The Labute approximate surface area is 302 Å². The lowest BCUT2D eigenvalue weighted by atomic mass is 9.68. The highest BCUT2D eigenvalue weighted by Gasteiger charge is 2.70. The second-order valence-electron chi connectivity index (χ2n) is 13.2. The van der Waals surface area contributed by atoms with Crippen LogP contribution >= 0.6 is 23.1 Å². The molecule has 1 aromatic heterocycles. The molecule has 2 aliphatic carbocycles. The molecule has 10 nitrogen and oxygen atoms in total. The number of rotatable bonds is 8. The first-order chi connectivity index (χ1) is 24.9. The molecular formula is C37H30F3N3O7S2. The number of amides is 3. The van der Waals surface area contributed by atoms with E-state index < -0.39 is 48.0 Å². The zero-order valence-electron chi connectivity index (χ0n) is 27.3. The number of alkyl halides is 3. The summed E-state index contributed by atoms with van der Waals surface area (Å²) in [5, 5.41) is 3.06. The molecule has 0 radical (unpaired) electrons. The van der Waals surface area contributed by atoms with Gasteiger partial charge in [0.05, 0.1) is 40.3 Å². The predicted molar refractivity (Wildman–Crippen MR) is 185 cm³/mol. The van der Waals surface area contributed by atoms with E-state index >= 15 is 0 Å². The molecule has 3 fully saturated rings. The van der Waals surface area contributed by atoms with Gasteiger partial charge < -0.3 is 19.8 Å². The van der Waals surface area contributed by atoms with E-state index in [-0.39, 0.29) is 52.0 Å². The molecule has 268 valence electrons. The van der Waals surface area contributed by atoms with E-state index in [1.807, 2.05) is 12.1 Å². The normalized spacial score (nSPS) is 25.8. The number of thioether (sulfide) groups is 1. The van der Waals surface area contributed by atoms with Gasteiger partial charge in [0.25, 0.3) is 5.91 Å². The average molecular weight is 750 g/mol. The quantitative estimate of drug-likeness (QED) is 0.158. The van der Waals surface area contributed by atoms with Crippen LogP contribution in [-0.4, -0.2) is 47.1 Å². The number of carbonyl (C=O) groups excluding carboxylic acids is 4. The number of nitrogens with one attached hydrogen (secondary N) is 2. The summed E-state index contributed by atoms with van der Waals surface area (Å²) >= 11 is 2.61. The van der Waals surface area contributed by atoms with E-state index in [2.05, 4.69) is 10.3 Å². The lowest BCUT2D eigenvalue weighted by Gasteiger charge is -2.43. The van der Waals surface area contributed by atoms with Gasteiger partial charge in [-0.2, -0.15) is 13.2 Å². The summed E-state index contributed by atoms with van der Waals surface area (Å²) < 4.78 is 50.7. The number of anilines is 2. The van der Waals surface area contributed by atoms with Crippen LogP contribution in [0.3, 0.4) is 0 Å². The van der Waals surface area contributed by atoms with Crippen molar-refractivity contribution in [3.05, 3.63) is 104 Å². The third-order valence-electron chi connectivity index (χ3n) is 10.4. The van der Waals surface area contributed by atoms with Crippen LogP contribution in [0.1, 0.15) is 45.6 Å². The van der Waals surface area contributed by atoms with Gasteiger partial charge >= 0.3 is 17.0 Å². The van der Waals surface area contributed by atoms with Gasteiger partial charge in [0, 0.05) is 27.3 Å². The van der Waals surface area contributed by atoms with Crippen LogP contribution in [0.15, 0.2) is 82.6 Å². The SMILES string of the molecule is CCOC(=O)c1ccc(N2C(=O)C3C(C2=O)[C@@H]2C[C@H]3C3Sc4[nH]c(=O)sc4[C@H](c4ccccc4OCC(=O)Nc4cccc(C(F)(F)F)c4)C32)cc1. The van der Waals surface area contributed by atoms with E-state index in [9.17, 15) is 37.1 Å². The first-order valence-electron chi connectivity index (χ1n) is 16.7. The number of nitrogens with zero attached hydrogens (tertiary/aromatic N) is 1. The van der Waals surface area contributed by atoms with Crippen LogP contribution in [-0.2, 0) is 25.3 Å². The summed E-state index contributed by atoms with van der Waals surface area (Å²) in [5.74, 6) is -3.36. The Morgan fingerprint density at radius 3 is 2.42 bits per heavy atom. The number of esters is 1. The number of halogens is 3. The Kier molecular flexibility index (Phi) is 8.52. The van der Waals surface area contributed by atoms with Crippen LogP contribution in [0.2, 0.25) is 0 Å². The number of imide groups is 1. The first-order valence-corrected chi connectivity index (χ1v) is 18.4. The molecule has 3 amide bonds. The van der Waals surface area contributed by atoms with Crippen molar-refractivity contribution in [2.45, 2.75) is 35.7 Å². The number of hydrogen-bond acceptors (Lipinski definition) is 9. The van der Waals surface area contributed by atoms with Gasteiger partial charge in [0.2, 0.25) is 11.8 Å². The highest BCUT2D eigenvalue weighted by atomic mass is 32.2. The molecule has 8 rings (SSSR count). The van der Waals surface area contributed by atoms with Crippen molar-refractivity contribution in [1.82, 2.24) is 4.98 Å². The second-order valence-corrected chi connectivity index (χ2v) is 15.4. The van der Waals surface area contributed by atoms with Crippen molar-refractivity contribution in [3.8, 4) is 5.75 Å². The molecule has 1 saturated heterocycles. The van der Waals surface area contributed by atoms with Crippen LogP contribution in [0.25, 0.3) is 0 Å². The van der Waals surface area contributed by atoms with Crippen molar-refractivity contribution in [1.29, 1.82) is 0 Å². The van der Waals surface area contributed by atoms with Crippen molar-refractivity contribution in [3.63, 3.8) is 0 Å². The molecule has 15 heteroatoms. The molecule has 4 aliphatic rings. The number of ether oxygens (including phenoxy) is 2. The summed E-state index contributed by atoms with van der Waals surface area (Å²) in [4.78, 5) is 70.8. The van der Waals surface area contributed by atoms with Gasteiger partial charge in [-0.1, -0.05) is 35.6 Å². The van der Waals surface area contributed by atoms with Gasteiger partial charge in [0.1, 0.15) is 5.75 Å². The number of fused-ring (bicyclic) bond motifs is 9. The molecule has 7 atom stereocenters. The molecule has 0 spiro atoms. The molecule has 3 aromatic carbocycles. The molecule has 4 unspecified atom stereocenters. The number of H-pyrrole nitrogens is 1. The number of aromatic amines is 1. The molecule has 52 heavy (non-hydrogen) atoms. The smallest absolute Gasteiger partial charge is 0.416 e. The van der Waals surface area contributed by atoms with Gasteiger partial charge in [0.15, 0.2) is 6.61 Å². The predicted octanol–water partition coefficient (Wildman–Crippen LogP) is 6.33. The maximum atomic E-state index is 14.2. The number of benzene rings is 3. The minimum Gasteiger partial charge on any atom is -0.483 e. The van der Waals surface area contributed by atoms with E-state index in [0.29, 0.717) is 34.0 Å². The maximum Gasteiger partial charge on any atom is 0.416 e. The molecule has 2 aliphatic heterocycles. The fourth-order valence-corrected chi connectivity index (χ4v) is 11.4. The Hall–Kier alpha value is -4.89. The fraction of sp³-hybridized carbons (Fsp3) is 0.324. The van der Waals surface area contributed by atoms with Crippen LogP contribution < -0.4 is 19.8 Å². The van der Waals surface area contributed by atoms with Gasteiger partial charge in [-0.3, -0.25) is 24.1 Å². The highest BCUT2D eigenvalue weighted by molar-refractivity contribution is 8.00. The van der Waals surface area contributed by atoms with E-state index in [4.69, 9.17) is 9.47 Å². The Balaban J connectivity index is 1.07. The highest BCUT2D eigenvalue weighted by Crippen LogP contribution is 2.69. The number of hydrogen-bond donors (Lipinski definition) is 2. The van der Waals surface area contributed by atoms with E-state index in [1.54, 1.807) is 31.2 Å². The number of aromatic nitrogens is 1. The second kappa shape index (κ2) is 13.0. The molecule has 2 bridgehead atoms. The minimum absolute atomic E-state index is 0.0260. The summed E-state index contributed by atoms with van der Waals surface area (Å²) in [6, 6.07) is 17.6. The number of para-hydroxylation sites is 1. The van der Waals surface area contributed by atoms with E-state index in [0.717, 1.165) is 28.3 Å². The number of carbonyl (C=O) groups is 4. The van der Waals surface area contributed by atoms with Crippen LogP contribution in [0, 0.1) is 29.6 Å². The fourth-order valence-electron chi connectivity index (χ4n) is 8.56. The van der Waals surface area contributed by atoms with Crippen LogP contribution in [0.4, 0.5) is 24.5 Å². The maximum absolute atomic E-state index is 14.2. The van der Waals surface area contributed by atoms with E-state index in [1.165, 1.54) is 40.9 Å². The molecule has 3 heterocycles. The summed E-state index contributed by atoms with van der Waals surface area (Å²) in [5.41, 5.74) is 0.475. The topological polar surface area (TPSA) is 135 Å². The van der Waals surface area contributed by atoms with Gasteiger partial charge in [-0.15, -0.1) is 11.8 Å². The van der Waals surface area contributed by atoms with Crippen molar-refractivity contribution >= 4 is 58.2 Å². The molecule has 2 N–H and O–H groups in total. The summed E-state index contributed by atoms with van der Waals surface area (Å²) in [7, 11) is 0. The number of thiazole rings is 1. The zero-order chi connectivity index (χ0) is 36.5. The lowest BCUT2D eigenvalue weighted by molar-refractivity contribution is -0.137. The lowest BCUT2D eigenvalue weighted by Crippen LogP contribution is -2.42. The van der Waals surface area contributed by atoms with Crippen molar-refractivity contribution < 1.29 is 41.8 Å². The minimum atomic E-state index is -4.57. The van der Waals surface area contributed by atoms with Gasteiger partial charge in [-0.25, -0.2) is 4.79 Å². The third kappa shape index (κ3) is 5.70. The summed E-state index contributed by atoms with van der Waals surface area (Å²) in [6.45, 7) is 1.43. The van der Waals surface area contributed by atoms with Crippen LogP contribution in [0.5, 0.6) is 5.75 Å². The zero-order valence-corrected chi connectivity index (χ0v) is 29.0. The average Bonchev–Trinajstić information content (AvgIpc) is 3.86. The Morgan fingerprint density at radius 1 is 0.962 bits per heavy atom. The monoisotopic (exact) mass is 749 g/mol. The molecular weight excluding hydrogens is 720 g/mol.